The second-order valence-corrected chi connectivity index (χ2v) is 4.44. The molecule has 0 spiro atoms. The van der Waals surface area contributed by atoms with Crippen LogP contribution < -0.4 is 5.32 Å². The van der Waals surface area contributed by atoms with E-state index in [1.807, 2.05) is 0 Å². The molecule has 2 aromatic rings. The number of hydrogen-bond acceptors (Lipinski definition) is 3. The predicted molar refractivity (Wildman–Crippen MR) is 77.6 cm³/mol. The molecule has 106 valence electrons. The highest BCUT2D eigenvalue weighted by molar-refractivity contribution is 6.30. The maximum absolute atomic E-state index is 13.6. The van der Waals surface area contributed by atoms with Gasteiger partial charge >= 0.3 is 0 Å². The van der Waals surface area contributed by atoms with Gasteiger partial charge in [-0.1, -0.05) is 23.4 Å². The van der Waals surface area contributed by atoms with Crippen molar-refractivity contribution in [2.45, 2.75) is 0 Å². The van der Waals surface area contributed by atoms with E-state index in [2.05, 4.69) is 22.1 Å². The van der Waals surface area contributed by atoms with Gasteiger partial charge in [0.05, 0.1) is 11.3 Å². The van der Waals surface area contributed by atoms with E-state index in [0.717, 1.165) is 6.07 Å². The number of pyridine rings is 1. The van der Waals surface area contributed by atoms with Crippen LogP contribution in [0.1, 0.15) is 15.9 Å². The highest BCUT2D eigenvalue weighted by Crippen LogP contribution is 2.19. The quantitative estimate of drug-likeness (QED) is 0.838. The Morgan fingerprint density at radius 3 is 2.90 bits per heavy atom. The number of hydrogen-bond donors (Lipinski definition) is 2. The summed E-state index contributed by atoms with van der Waals surface area (Å²) in [6.07, 6.45) is 2.80. The van der Waals surface area contributed by atoms with Gasteiger partial charge in [0.2, 0.25) is 0 Å². The van der Waals surface area contributed by atoms with E-state index >= 15 is 0 Å². The van der Waals surface area contributed by atoms with Gasteiger partial charge < -0.3 is 10.4 Å². The van der Waals surface area contributed by atoms with Crippen molar-refractivity contribution in [3.63, 3.8) is 0 Å². The molecular formula is C15H10ClFN2O2. The SMILES string of the molecule is O=C(Nc1ccc(Cl)cc1F)c1cncc(C#CCO)c1. The topological polar surface area (TPSA) is 62.2 Å². The van der Waals surface area contributed by atoms with E-state index in [0.29, 0.717) is 5.56 Å². The van der Waals surface area contributed by atoms with Gasteiger partial charge in [-0.05, 0) is 24.3 Å². The van der Waals surface area contributed by atoms with Gasteiger partial charge in [0.1, 0.15) is 12.4 Å². The van der Waals surface area contributed by atoms with Crippen molar-refractivity contribution >= 4 is 23.2 Å². The minimum Gasteiger partial charge on any atom is -0.384 e. The monoisotopic (exact) mass is 304 g/mol. The first-order valence-electron chi connectivity index (χ1n) is 5.91. The summed E-state index contributed by atoms with van der Waals surface area (Å²) in [7, 11) is 0. The molecule has 4 nitrogen and oxygen atoms in total. The number of halogens is 2. The molecule has 0 fully saturated rings. The Hall–Kier alpha value is -2.42. The number of rotatable bonds is 2. The van der Waals surface area contributed by atoms with Gasteiger partial charge in [-0.2, -0.15) is 0 Å². The van der Waals surface area contributed by atoms with Crippen molar-refractivity contribution in [3.05, 3.63) is 58.6 Å². The number of benzene rings is 1. The number of aromatic nitrogens is 1. The van der Waals surface area contributed by atoms with Crippen LogP contribution in [0.15, 0.2) is 36.7 Å². The summed E-state index contributed by atoms with van der Waals surface area (Å²) in [5, 5.41) is 11.3. The molecule has 1 amide bonds. The molecule has 0 aliphatic carbocycles. The van der Waals surface area contributed by atoms with Crippen LogP contribution in [-0.2, 0) is 0 Å². The largest absolute Gasteiger partial charge is 0.384 e. The molecule has 2 N–H and O–H groups in total. The van der Waals surface area contributed by atoms with E-state index in [1.165, 1.54) is 30.6 Å². The van der Waals surface area contributed by atoms with Crippen LogP contribution in [0, 0.1) is 17.7 Å². The molecule has 0 saturated heterocycles. The van der Waals surface area contributed by atoms with Gasteiger partial charge in [0, 0.05) is 23.0 Å². The number of nitrogens with zero attached hydrogens (tertiary/aromatic N) is 1. The second-order valence-electron chi connectivity index (χ2n) is 4.00. The summed E-state index contributed by atoms with van der Waals surface area (Å²) in [6.45, 7) is -0.285. The molecule has 1 aromatic carbocycles. The molecule has 0 radical (unpaired) electrons. The molecule has 0 aliphatic rings. The summed E-state index contributed by atoms with van der Waals surface area (Å²) in [5.74, 6) is 3.95. The van der Waals surface area contributed by atoms with Gasteiger partial charge in [0.15, 0.2) is 0 Å². The maximum Gasteiger partial charge on any atom is 0.257 e. The van der Waals surface area contributed by atoms with Crippen molar-refractivity contribution in [1.29, 1.82) is 0 Å². The minimum atomic E-state index is -0.625. The molecule has 0 unspecified atom stereocenters. The Labute approximate surface area is 125 Å². The summed E-state index contributed by atoms with van der Waals surface area (Å²) < 4.78 is 13.6. The second kappa shape index (κ2) is 6.84. The fraction of sp³-hybridized carbons (Fsp3) is 0.0667. The number of nitrogens with one attached hydrogen (secondary N) is 1. The molecule has 0 bridgehead atoms. The molecular weight excluding hydrogens is 295 g/mol. The van der Waals surface area contributed by atoms with Crippen molar-refractivity contribution < 1.29 is 14.3 Å². The first-order chi connectivity index (χ1) is 10.1. The van der Waals surface area contributed by atoms with E-state index < -0.39 is 11.7 Å². The number of anilines is 1. The number of aliphatic hydroxyl groups is 1. The third-order valence-electron chi connectivity index (χ3n) is 2.49. The van der Waals surface area contributed by atoms with Crippen molar-refractivity contribution in [1.82, 2.24) is 4.98 Å². The Morgan fingerprint density at radius 2 is 2.19 bits per heavy atom. The standard InChI is InChI=1S/C15H10ClFN2O2/c16-12-3-4-14(13(17)7-12)19-15(21)11-6-10(2-1-5-20)8-18-9-11/h3-4,6-9,20H,5H2,(H,19,21). The number of carbonyl (C=O) groups is 1. The van der Waals surface area contributed by atoms with E-state index in [4.69, 9.17) is 16.7 Å². The Kier molecular flexibility index (Phi) is 4.88. The van der Waals surface area contributed by atoms with Crippen LogP contribution in [0.5, 0.6) is 0 Å². The van der Waals surface area contributed by atoms with Gasteiger partial charge in [-0.15, -0.1) is 0 Å². The zero-order valence-corrected chi connectivity index (χ0v) is 11.5. The number of amides is 1. The fourth-order valence-corrected chi connectivity index (χ4v) is 1.72. The Balaban J connectivity index is 2.20. The van der Waals surface area contributed by atoms with E-state index in [-0.39, 0.29) is 22.9 Å². The third-order valence-corrected chi connectivity index (χ3v) is 2.73. The van der Waals surface area contributed by atoms with Crippen molar-refractivity contribution in [2.24, 2.45) is 0 Å². The average molecular weight is 305 g/mol. The molecule has 6 heteroatoms. The summed E-state index contributed by atoms with van der Waals surface area (Å²) >= 11 is 5.64. The number of carbonyl (C=O) groups excluding carboxylic acids is 1. The van der Waals surface area contributed by atoms with Crippen LogP contribution in [0.4, 0.5) is 10.1 Å². The molecule has 21 heavy (non-hydrogen) atoms. The van der Waals surface area contributed by atoms with Crippen molar-refractivity contribution in [3.8, 4) is 11.8 Å². The first-order valence-corrected chi connectivity index (χ1v) is 6.29. The lowest BCUT2D eigenvalue weighted by molar-refractivity contribution is 0.102. The zero-order valence-electron chi connectivity index (χ0n) is 10.7. The van der Waals surface area contributed by atoms with Gasteiger partial charge in [0.25, 0.3) is 5.91 Å². The molecule has 0 aliphatic heterocycles. The van der Waals surface area contributed by atoms with Gasteiger partial charge in [-0.25, -0.2) is 4.39 Å². The maximum atomic E-state index is 13.6. The van der Waals surface area contributed by atoms with Crippen LogP contribution in [-0.4, -0.2) is 22.6 Å². The van der Waals surface area contributed by atoms with E-state index in [9.17, 15) is 9.18 Å². The normalized spacial score (nSPS) is 9.67. The molecule has 0 atom stereocenters. The Bertz CT molecular complexity index is 738. The highest BCUT2D eigenvalue weighted by atomic mass is 35.5. The summed E-state index contributed by atoms with van der Waals surface area (Å²) in [5.41, 5.74) is 0.735. The molecule has 0 saturated carbocycles. The van der Waals surface area contributed by atoms with E-state index in [1.54, 1.807) is 0 Å². The average Bonchev–Trinajstić information content (AvgIpc) is 2.48. The van der Waals surface area contributed by atoms with Crippen LogP contribution in [0.25, 0.3) is 0 Å². The lowest BCUT2D eigenvalue weighted by Gasteiger charge is -2.06. The summed E-state index contributed by atoms with van der Waals surface area (Å²) in [6, 6.07) is 5.46. The predicted octanol–water partition coefficient (Wildman–Crippen LogP) is 2.47. The molecule has 2 rings (SSSR count). The zero-order chi connectivity index (χ0) is 15.2. The van der Waals surface area contributed by atoms with Gasteiger partial charge in [-0.3, -0.25) is 9.78 Å². The Morgan fingerprint density at radius 1 is 1.38 bits per heavy atom. The lowest BCUT2D eigenvalue weighted by atomic mass is 10.2. The smallest absolute Gasteiger partial charge is 0.257 e. The number of aliphatic hydroxyl groups excluding tert-OH is 1. The molecule has 1 heterocycles. The third kappa shape index (κ3) is 4.02. The minimum absolute atomic E-state index is 0.0243. The van der Waals surface area contributed by atoms with Crippen LogP contribution in [0.2, 0.25) is 5.02 Å². The first kappa shape index (κ1) is 15.0. The lowest BCUT2D eigenvalue weighted by Crippen LogP contribution is -2.13. The molecule has 1 aromatic heterocycles. The van der Waals surface area contributed by atoms with Crippen molar-refractivity contribution in [2.75, 3.05) is 11.9 Å². The fourth-order valence-electron chi connectivity index (χ4n) is 1.56. The van der Waals surface area contributed by atoms with Crippen LogP contribution >= 0.6 is 11.6 Å². The van der Waals surface area contributed by atoms with Crippen LogP contribution in [0.3, 0.4) is 0 Å². The highest BCUT2D eigenvalue weighted by Gasteiger charge is 2.10. The summed E-state index contributed by atoms with van der Waals surface area (Å²) in [4.78, 5) is 15.9.